The third-order valence-electron chi connectivity index (χ3n) is 2.99. The van der Waals surface area contributed by atoms with E-state index in [1.807, 2.05) is 0 Å². The predicted octanol–water partition coefficient (Wildman–Crippen LogP) is 1.49. The largest absolute Gasteiger partial charge is 0.478 e. The van der Waals surface area contributed by atoms with Crippen LogP contribution in [0.5, 0.6) is 0 Å². The van der Waals surface area contributed by atoms with Crippen molar-refractivity contribution in [3.05, 3.63) is 29.1 Å². The molecule has 1 N–H and O–H groups in total. The summed E-state index contributed by atoms with van der Waals surface area (Å²) in [6.45, 7) is 3.82. The minimum atomic E-state index is -3.98. The molecular formula is C13H18FNO5S. The van der Waals surface area contributed by atoms with E-state index in [1.165, 1.54) is 14.0 Å². The van der Waals surface area contributed by atoms with E-state index in [0.717, 1.165) is 16.4 Å². The van der Waals surface area contributed by atoms with Crippen LogP contribution in [0.25, 0.3) is 0 Å². The van der Waals surface area contributed by atoms with E-state index in [9.17, 15) is 17.6 Å². The number of carboxylic acids is 1. The zero-order valence-corrected chi connectivity index (χ0v) is 12.9. The van der Waals surface area contributed by atoms with Gasteiger partial charge in [-0.2, -0.15) is 4.31 Å². The van der Waals surface area contributed by atoms with Gasteiger partial charge < -0.3 is 9.84 Å². The summed E-state index contributed by atoms with van der Waals surface area (Å²) in [6, 6.07) is 1.77. The number of carbonyl (C=O) groups is 1. The van der Waals surface area contributed by atoms with Crippen LogP contribution in [0.3, 0.4) is 0 Å². The van der Waals surface area contributed by atoms with Crippen molar-refractivity contribution in [3.8, 4) is 0 Å². The SMILES string of the molecule is CCOCCN(C)S(=O)(=O)c1cc(C(=O)O)cc(F)c1C. The van der Waals surface area contributed by atoms with E-state index < -0.39 is 27.4 Å². The molecule has 0 aromatic heterocycles. The molecule has 0 aliphatic heterocycles. The molecule has 0 atom stereocenters. The Bertz CT molecular complexity index is 630. The highest BCUT2D eigenvalue weighted by Crippen LogP contribution is 2.23. The molecule has 0 saturated carbocycles. The summed E-state index contributed by atoms with van der Waals surface area (Å²) in [7, 11) is -2.65. The molecule has 0 unspecified atom stereocenters. The Labute approximate surface area is 123 Å². The molecule has 1 rings (SSSR count). The minimum absolute atomic E-state index is 0.0918. The molecule has 0 spiro atoms. The van der Waals surface area contributed by atoms with E-state index in [1.54, 1.807) is 6.92 Å². The molecule has 1 aromatic carbocycles. The van der Waals surface area contributed by atoms with Crippen molar-refractivity contribution < 1.29 is 27.4 Å². The number of hydrogen-bond acceptors (Lipinski definition) is 4. The quantitative estimate of drug-likeness (QED) is 0.770. The highest BCUT2D eigenvalue weighted by molar-refractivity contribution is 7.89. The number of carboxylic acid groups (broad SMARTS) is 1. The molecule has 8 heteroatoms. The fourth-order valence-corrected chi connectivity index (χ4v) is 3.08. The van der Waals surface area contributed by atoms with Gasteiger partial charge in [-0.3, -0.25) is 0 Å². The van der Waals surface area contributed by atoms with Gasteiger partial charge in [0, 0.05) is 25.8 Å². The van der Waals surface area contributed by atoms with E-state index >= 15 is 0 Å². The smallest absolute Gasteiger partial charge is 0.335 e. The van der Waals surface area contributed by atoms with Crippen LogP contribution in [-0.2, 0) is 14.8 Å². The topological polar surface area (TPSA) is 83.9 Å². The summed E-state index contributed by atoms with van der Waals surface area (Å²) in [5.74, 6) is -2.26. The summed E-state index contributed by atoms with van der Waals surface area (Å²) >= 11 is 0. The molecular weight excluding hydrogens is 301 g/mol. The maximum absolute atomic E-state index is 13.7. The maximum Gasteiger partial charge on any atom is 0.335 e. The third-order valence-corrected chi connectivity index (χ3v) is 4.97. The van der Waals surface area contributed by atoms with Crippen molar-refractivity contribution in [2.45, 2.75) is 18.7 Å². The monoisotopic (exact) mass is 319 g/mol. The average molecular weight is 319 g/mol. The Morgan fingerprint density at radius 1 is 1.43 bits per heavy atom. The highest BCUT2D eigenvalue weighted by atomic mass is 32.2. The van der Waals surface area contributed by atoms with E-state index in [-0.39, 0.29) is 23.6 Å². The molecule has 0 bridgehead atoms. The van der Waals surface area contributed by atoms with Crippen LogP contribution >= 0.6 is 0 Å². The van der Waals surface area contributed by atoms with E-state index in [2.05, 4.69) is 0 Å². The van der Waals surface area contributed by atoms with Gasteiger partial charge in [-0.05, 0) is 26.0 Å². The molecule has 0 radical (unpaired) electrons. The van der Waals surface area contributed by atoms with Gasteiger partial charge in [0.1, 0.15) is 5.82 Å². The van der Waals surface area contributed by atoms with Gasteiger partial charge >= 0.3 is 5.97 Å². The zero-order valence-electron chi connectivity index (χ0n) is 12.1. The average Bonchev–Trinajstić information content (AvgIpc) is 2.41. The number of aromatic carboxylic acids is 1. The lowest BCUT2D eigenvalue weighted by Crippen LogP contribution is -2.31. The molecule has 6 nitrogen and oxygen atoms in total. The Kier molecular flexibility index (Phi) is 5.82. The standard InChI is InChI=1S/C13H18FNO5S/c1-4-20-6-5-15(3)21(18,19)12-8-10(13(16)17)7-11(14)9(12)2/h7-8H,4-6H2,1-3H3,(H,16,17). The second kappa shape index (κ2) is 6.97. The minimum Gasteiger partial charge on any atom is -0.478 e. The Balaban J connectivity index is 3.21. The Morgan fingerprint density at radius 3 is 2.57 bits per heavy atom. The van der Waals surface area contributed by atoms with Crippen molar-refractivity contribution in [1.29, 1.82) is 0 Å². The molecule has 0 fully saturated rings. The van der Waals surface area contributed by atoms with Crippen molar-refractivity contribution in [2.75, 3.05) is 26.8 Å². The van der Waals surface area contributed by atoms with Crippen molar-refractivity contribution in [3.63, 3.8) is 0 Å². The van der Waals surface area contributed by atoms with Gasteiger partial charge in [-0.15, -0.1) is 0 Å². The molecule has 21 heavy (non-hydrogen) atoms. The number of sulfonamides is 1. The Morgan fingerprint density at radius 2 is 2.05 bits per heavy atom. The normalized spacial score (nSPS) is 11.9. The fraction of sp³-hybridized carbons (Fsp3) is 0.462. The number of benzene rings is 1. The van der Waals surface area contributed by atoms with Crippen LogP contribution in [-0.4, -0.2) is 50.6 Å². The lowest BCUT2D eigenvalue weighted by molar-refractivity contribution is 0.0696. The predicted molar refractivity (Wildman–Crippen MR) is 74.4 cm³/mol. The molecule has 118 valence electrons. The lowest BCUT2D eigenvalue weighted by atomic mass is 10.1. The van der Waals surface area contributed by atoms with Gasteiger partial charge in [-0.25, -0.2) is 17.6 Å². The first kappa shape index (κ1) is 17.5. The second-order valence-corrected chi connectivity index (χ2v) is 6.42. The van der Waals surface area contributed by atoms with Gasteiger partial charge in [0.05, 0.1) is 17.1 Å². The summed E-state index contributed by atoms with van der Waals surface area (Å²) in [5, 5.41) is 8.91. The second-order valence-electron chi connectivity index (χ2n) is 4.41. The van der Waals surface area contributed by atoms with Crippen LogP contribution in [0.1, 0.15) is 22.8 Å². The zero-order chi connectivity index (χ0) is 16.2. The molecule has 0 aliphatic rings. The van der Waals surface area contributed by atoms with Gasteiger partial charge in [0.15, 0.2) is 0 Å². The lowest BCUT2D eigenvalue weighted by Gasteiger charge is -2.19. The molecule has 0 amide bonds. The third kappa shape index (κ3) is 3.99. The maximum atomic E-state index is 13.7. The molecule has 0 heterocycles. The van der Waals surface area contributed by atoms with Crippen LogP contribution in [0, 0.1) is 12.7 Å². The number of halogens is 1. The first-order valence-electron chi connectivity index (χ1n) is 6.29. The summed E-state index contributed by atoms with van der Waals surface area (Å²) < 4.78 is 44.6. The molecule has 0 saturated heterocycles. The number of hydrogen-bond donors (Lipinski definition) is 1. The first-order chi connectivity index (χ1) is 9.71. The number of ether oxygens (including phenoxy) is 1. The van der Waals surface area contributed by atoms with Crippen LogP contribution in [0.4, 0.5) is 4.39 Å². The summed E-state index contributed by atoms with van der Waals surface area (Å²) in [6.07, 6.45) is 0. The Hall–Kier alpha value is -1.51. The van der Waals surface area contributed by atoms with Gasteiger partial charge in [0.25, 0.3) is 0 Å². The van der Waals surface area contributed by atoms with Crippen molar-refractivity contribution in [1.82, 2.24) is 4.31 Å². The van der Waals surface area contributed by atoms with Crippen LogP contribution in [0.15, 0.2) is 17.0 Å². The van der Waals surface area contributed by atoms with Crippen LogP contribution < -0.4 is 0 Å². The number of rotatable bonds is 7. The molecule has 0 aliphatic carbocycles. The first-order valence-corrected chi connectivity index (χ1v) is 7.73. The summed E-state index contributed by atoms with van der Waals surface area (Å²) in [4.78, 5) is 10.6. The van der Waals surface area contributed by atoms with Gasteiger partial charge in [-0.1, -0.05) is 0 Å². The van der Waals surface area contributed by atoms with E-state index in [4.69, 9.17) is 9.84 Å². The van der Waals surface area contributed by atoms with Gasteiger partial charge in [0.2, 0.25) is 10.0 Å². The summed E-state index contributed by atoms with van der Waals surface area (Å²) in [5.41, 5.74) is -0.516. The van der Waals surface area contributed by atoms with E-state index in [0.29, 0.717) is 6.61 Å². The number of nitrogens with zero attached hydrogens (tertiary/aromatic N) is 1. The number of likely N-dealkylation sites (N-methyl/N-ethyl adjacent to an activating group) is 1. The van der Waals surface area contributed by atoms with Crippen molar-refractivity contribution in [2.24, 2.45) is 0 Å². The van der Waals surface area contributed by atoms with Crippen molar-refractivity contribution >= 4 is 16.0 Å². The van der Waals surface area contributed by atoms with Crippen LogP contribution in [0.2, 0.25) is 0 Å². The fourth-order valence-electron chi connectivity index (χ4n) is 1.67. The highest BCUT2D eigenvalue weighted by Gasteiger charge is 2.26. The molecule has 1 aromatic rings.